The molecule has 0 saturated carbocycles. The summed E-state index contributed by atoms with van der Waals surface area (Å²) in [4.78, 5) is 10.7. The Labute approximate surface area is 111 Å². The molecular weight excluding hydrogens is 246 g/mol. The number of ether oxygens (including phenoxy) is 2. The van der Waals surface area contributed by atoms with Crippen LogP contribution in [0.25, 0.3) is 6.08 Å². The van der Waals surface area contributed by atoms with Gasteiger partial charge < -0.3 is 14.6 Å². The van der Waals surface area contributed by atoms with Crippen molar-refractivity contribution < 1.29 is 19.4 Å². The van der Waals surface area contributed by atoms with Crippen LogP contribution in [0.2, 0.25) is 0 Å². The SMILES string of the molecule is C=CCOc1ccc(/C=C(\C#N)C(=O)O)cc1OC. The molecule has 0 aliphatic carbocycles. The summed E-state index contributed by atoms with van der Waals surface area (Å²) < 4.78 is 10.5. The number of rotatable bonds is 6. The number of methoxy groups -OCH3 is 1. The number of nitrogens with zero attached hydrogens (tertiary/aromatic N) is 1. The molecular formula is C14H13NO4. The number of carboxylic acids is 1. The Hall–Kier alpha value is -2.74. The second-order valence-electron chi connectivity index (χ2n) is 3.48. The van der Waals surface area contributed by atoms with Crippen LogP contribution in [0, 0.1) is 11.3 Å². The van der Waals surface area contributed by atoms with E-state index in [-0.39, 0.29) is 5.57 Å². The number of hydrogen-bond acceptors (Lipinski definition) is 4. The quantitative estimate of drug-likeness (QED) is 0.481. The smallest absolute Gasteiger partial charge is 0.346 e. The van der Waals surface area contributed by atoms with Gasteiger partial charge in [-0.25, -0.2) is 4.79 Å². The minimum atomic E-state index is -1.27. The standard InChI is InChI=1S/C14H13NO4/c1-3-6-19-12-5-4-10(8-13(12)18-2)7-11(9-15)14(16)17/h3-5,7-8H,1,6H2,2H3,(H,16,17)/b11-7+. The molecule has 0 unspecified atom stereocenters. The van der Waals surface area contributed by atoms with Crippen LogP contribution in [-0.2, 0) is 4.79 Å². The van der Waals surface area contributed by atoms with Gasteiger partial charge in [0.1, 0.15) is 18.2 Å². The molecule has 0 aliphatic rings. The van der Waals surface area contributed by atoms with Crippen molar-refractivity contribution >= 4 is 12.0 Å². The van der Waals surface area contributed by atoms with E-state index in [4.69, 9.17) is 19.8 Å². The van der Waals surface area contributed by atoms with E-state index in [0.717, 1.165) is 0 Å². The highest BCUT2D eigenvalue weighted by Crippen LogP contribution is 2.28. The van der Waals surface area contributed by atoms with Crippen molar-refractivity contribution in [2.75, 3.05) is 13.7 Å². The molecule has 5 nitrogen and oxygen atoms in total. The molecule has 0 fully saturated rings. The first kappa shape index (κ1) is 14.3. The Morgan fingerprint density at radius 1 is 1.53 bits per heavy atom. The number of benzene rings is 1. The van der Waals surface area contributed by atoms with Gasteiger partial charge in [-0.1, -0.05) is 18.7 Å². The molecule has 0 heterocycles. The maximum absolute atomic E-state index is 10.7. The van der Waals surface area contributed by atoms with Crippen LogP contribution in [0.4, 0.5) is 0 Å². The predicted molar refractivity (Wildman–Crippen MR) is 69.9 cm³/mol. The molecule has 0 radical (unpaired) electrons. The topological polar surface area (TPSA) is 79.5 Å². The van der Waals surface area contributed by atoms with E-state index in [1.54, 1.807) is 30.3 Å². The third-order valence-electron chi connectivity index (χ3n) is 2.21. The summed E-state index contributed by atoms with van der Waals surface area (Å²) in [5.74, 6) is -0.292. The maximum Gasteiger partial charge on any atom is 0.346 e. The normalized spacial score (nSPS) is 10.4. The van der Waals surface area contributed by atoms with Crippen molar-refractivity contribution in [2.45, 2.75) is 0 Å². The average Bonchev–Trinajstić information content (AvgIpc) is 2.42. The molecule has 0 atom stereocenters. The lowest BCUT2D eigenvalue weighted by Crippen LogP contribution is -1.98. The van der Waals surface area contributed by atoms with E-state index in [1.807, 2.05) is 0 Å². The van der Waals surface area contributed by atoms with Crippen LogP contribution in [0.15, 0.2) is 36.4 Å². The first-order chi connectivity index (χ1) is 9.12. The molecule has 1 aromatic rings. The van der Waals surface area contributed by atoms with Crippen molar-refractivity contribution in [3.05, 3.63) is 42.0 Å². The molecule has 98 valence electrons. The molecule has 1 aromatic carbocycles. The Morgan fingerprint density at radius 2 is 2.26 bits per heavy atom. The van der Waals surface area contributed by atoms with Crippen molar-refractivity contribution in [1.82, 2.24) is 0 Å². The van der Waals surface area contributed by atoms with E-state index in [1.165, 1.54) is 13.2 Å². The summed E-state index contributed by atoms with van der Waals surface area (Å²) in [5.41, 5.74) is 0.198. The van der Waals surface area contributed by atoms with E-state index < -0.39 is 5.97 Å². The summed E-state index contributed by atoms with van der Waals surface area (Å²) in [5, 5.41) is 17.5. The van der Waals surface area contributed by atoms with Crippen LogP contribution in [-0.4, -0.2) is 24.8 Å². The monoisotopic (exact) mass is 259 g/mol. The van der Waals surface area contributed by atoms with Crippen molar-refractivity contribution in [2.24, 2.45) is 0 Å². The summed E-state index contributed by atoms with van der Waals surface area (Å²) in [6.45, 7) is 3.88. The Bertz CT molecular complexity index is 555. The van der Waals surface area contributed by atoms with Gasteiger partial charge in [-0.3, -0.25) is 0 Å². The molecule has 1 rings (SSSR count). The zero-order valence-corrected chi connectivity index (χ0v) is 10.4. The van der Waals surface area contributed by atoms with Gasteiger partial charge in [-0.15, -0.1) is 0 Å². The van der Waals surface area contributed by atoms with Crippen molar-refractivity contribution in [3.63, 3.8) is 0 Å². The summed E-state index contributed by atoms with van der Waals surface area (Å²) in [6.07, 6.45) is 2.87. The third kappa shape index (κ3) is 3.89. The molecule has 0 spiro atoms. The highest BCUT2D eigenvalue weighted by Gasteiger charge is 2.08. The minimum Gasteiger partial charge on any atom is -0.493 e. The Balaban J connectivity index is 3.10. The zero-order valence-electron chi connectivity index (χ0n) is 10.4. The number of aliphatic carboxylic acids is 1. The highest BCUT2D eigenvalue weighted by atomic mass is 16.5. The summed E-state index contributed by atoms with van der Waals surface area (Å²) in [6, 6.07) is 6.49. The number of hydrogen-bond donors (Lipinski definition) is 1. The number of carbonyl (C=O) groups is 1. The van der Waals surface area contributed by atoms with E-state index in [9.17, 15) is 4.79 Å². The van der Waals surface area contributed by atoms with Crippen molar-refractivity contribution in [1.29, 1.82) is 5.26 Å². The second-order valence-corrected chi connectivity index (χ2v) is 3.48. The average molecular weight is 259 g/mol. The van der Waals surface area contributed by atoms with E-state index in [0.29, 0.717) is 23.7 Å². The fourth-order valence-electron chi connectivity index (χ4n) is 1.35. The van der Waals surface area contributed by atoms with Gasteiger partial charge in [0, 0.05) is 0 Å². The number of nitriles is 1. The molecule has 5 heteroatoms. The molecule has 0 bridgehead atoms. The van der Waals surface area contributed by atoms with Crippen LogP contribution in [0.1, 0.15) is 5.56 Å². The van der Waals surface area contributed by atoms with Gasteiger partial charge in [0.25, 0.3) is 0 Å². The van der Waals surface area contributed by atoms with Gasteiger partial charge in [0.15, 0.2) is 11.5 Å². The van der Waals surface area contributed by atoms with Crippen molar-refractivity contribution in [3.8, 4) is 17.6 Å². The molecule has 0 aliphatic heterocycles. The van der Waals surface area contributed by atoms with Gasteiger partial charge in [-0.05, 0) is 23.8 Å². The summed E-state index contributed by atoms with van der Waals surface area (Å²) >= 11 is 0. The maximum atomic E-state index is 10.7. The lowest BCUT2D eigenvalue weighted by Gasteiger charge is -2.09. The van der Waals surface area contributed by atoms with Crippen LogP contribution >= 0.6 is 0 Å². The Morgan fingerprint density at radius 3 is 2.79 bits per heavy atom. The minimum absolute atomic E-state index is 0.337. The van der Waals surface area contributed by atoms with Gasteiger partial charge >= 0.3 is 5.97 Å². The zero-order chi connectivity index (χ0) is 14.3. The third-order valence-corrected chi connectivity index (χ3v) is 2.21. The summed E-state index contributed by atoms with van der Waals surface area (Å²) in [7, 11) is 1.48. The van der Waals surface area contributed by atoms with Gasteiger partial charge in [-0.2, -0.15) is 5.26 Å². The Kier molecular flexibility index (Phi) is 5.17. The number of carboxylic acid groups (broad SMARTS) is 1. The van der Waals surface area contributed by atoms with Gasteiger partial charge in [0.05, 0.1) is 7.11 Å². The predicted octanol–water partition coefficient (Wildman–Crippen LogP) is 2.25. The van der Waals surface area contributed by atoms with E-state index in [2.05, 4.69) is 6.58 Å². The van der Waals surface area contributed by atoms with E-state index >= 15 is 0 Å². The largest absolute Gasteiger partial charge is 0.493 e. The van der Waals surface area contributed by atoms with Crippen LogP contribution in [0.5, 0.6) is 11.5 Å². The molecule has 0 aromatic heterocycles. The fourth-order valence-corrected chi connectivity index (χ4v) is 1.35. The second kappa shape index (κ2) is 6.87. The fraction of sp³-hybridized carbons (Fsp3) is 0.143. The first-order valence-corrected chi connectivity index (χ1v) is 5.39. The first-order valence-electron chi connectivity index (χ1n) is 5.39. The lowest BCUT2D eigenvalue weighted by molar-refractivity contribution is -0.132. The van der Waals surface area contributed by atoms with Crippen LogP contribution in [0.3, 0.4) is 0 Å². The molecule has 1 N–H and O–H groups in total. The van der Waals surface area contributed by atoms with Gasteiger partial charge in [0.2, 0.25) is 0 Å². The van der Waals surface area contributed by atoms with Crippen LogP contribution < -0.4 is 9.47 Å². The lowest BCUT2D eigenvalue weighted by atomic mass is 10.1. The molecule has 19 heavy (non-hydrogen) atoms. The molecule has 0 saturated heterocycles. The molecule has 0 amide bonds. The highest BCUT2D eigenvalue weighted by molar-refractivity contribution is 5.96.